The maximum Gasteiger partial charge on any atom is 0.414 e. The first-order valence-corrected chi connectivity index (χ1v) is 5.13. The minimum Gasteiger partial charge on any atom is -0.504 e. The van der Waals surface area contributed by atoms with E-state index in [1.165, 1.54) is 43.7 Å². The molecule has 17 heavy (non-hydrogen) atoms. The highest BCUT2D eigenvalue weighted by molar-refractivity contribution is 5.99. The molecular formula is C12H19NO4. The largest absolute Gasteiger partial charge is 0.504 e. The molecule has 0 bridgehead atoms. The first-order valence-electron chi connectivity index (χ1n) is 5.13. The predicted molar refractivity (Wildman–Crippen MR) is 64.3 cm³/mol. The number of ether oxygens (including phenoxy) is 2. The molecule has 0 aliphatic rings. The van der Waals surface area contributed by atoms with E-state index in [1.54, 1.807) is 20.8 Å². The third-order valence-corrected chi connectivity index (χ3v) is 1.51. The molecule has 0 heterocycles. The summed E-state index contributed by atoms with van der Waals surface area (Å²) in [7, 11) is 2.96. The highest BCUT2D eigenvalue weighted by atomic mass is 16.6. The minimum absolute atomic E-state index is 0.276. The van der Waals surface area contributed by atoms with E-state index < -0.39 is 11.7 Å². The van der Waals surface area contributed by atoms with E-state index in [2.05, 4.69) is 4.74 Å². The van der Waals surface area contributed by atoms with Crippen LogP contribution in [0.1, 0.15) is 20.8 Å². The van der Waals surface area contributed by atoms with Gasteiger partial charge in [0.05, 0.1) is 13.4 Å². The molecule has 0 atom stereocenters. The van der Waals surface area contributed by atoms with Crippen molar-refractivity contribution in [3.05, 3.63) is 24.6 Å². The maximum absolute atomic E-state index is 11.5. The van der Waals surface area contributed by atoms with Crippen LogP contribution in [-0.4, -0.2) is 36.5 Å². The van der Waals surface area contributed by atoms with Crippen LogP contribution in [0.4, 0.5) is 4.79 Å². The fourth-order valence-corrected chi connectivity index (χ4v) is 0.771. The molecule has 0 aromatic rings. The number of nitrogens with zero attached hydrogens (tertiary/aromatic N) is 1. The number of ketones is 1. The van der Waals surface area contributed by atoms with Gasteiger partial charge in [-0.3, -0.25) is 9.69 Å². The molecule has 0 unspecified atom stereocenters. The van der Waals surface area contributed by atoms with Crippen molar-refractivity contribution in [1.82, 2.24) is 4.90 Å². The van der Waals surface area contributed by atoms with Gasteiger partial charge in [-0.15, -0.1) is 0 Å². The summed E-state index contributed by atoms with van der Waals surface area (Å²) in [5.41, 5.74) is -0.556. The van der Waals surface area contributed by atoms with Gasteiger partial charge in [-0.05, 0) is 20.8 Å². The average Bonchev–Trinajstić information content (AvgIpc) is 2.20. The summed E-state index contributed by atoms with van der Waals surface area (Å²) >= 11 is 0. The van der Waals surface area contributed by atoms with Gasteiger partial charge in [0.2, 0.25) is 0 Å². The molecule has 0 radical (unpaired) electrons. The van der Waals surface area contributed by atoms with Crippen LogP contribution in [0.25, 0.3) is 0 Å². The molecule has 5 nitrogen and oxygen atoms in total. The number of hydrogen-bond donors (Lipinski definition) is 0. The van der Waals surface area contributed by atoms with Crippen LogP contribution in [0.2, 0.25) is 0 Å². The number of carbonyl (C=O) groups is 2. The van der Waals surface area contributed by atoms with Gasteiger partial charge in [-0.25, -0.2) is 4.79 Å². The molecule has 96 valence electrons. The first kappa shape index (κ1) is 15.2. The summed E-state index contributed by atoms with van der Waals surface area (Å²) in [6, 6.07) is 0. The number of hydrogen-bond acceptors (Lipinski definition) is 4. The Kier molecular flexibility index (Phi) is 6.02. The van der Waals surface area contributed by atoms with Crippen molar-refractivity contribution < 1.29 is 19.1 Å². The van der Waals surface area contributed by atoms with Crippen molar-refractivity contribution in [2.45, 2.75) is 26.4 Å². The van der Waals surface area contributed by atoms with Crippen LogP contribution in [-0.2, 0) is 14.3 Å². The second kappa shape index (κ2) is 6.73. The molecule has 0 N–H and O–H groups in total. The first-order chi connectivity index (χ1) is 7.76. The zero-order valence-electron chi connectivity index (χ0n) is 10.9. The Morgan fingerprint density at radius 1 is 1.18 bits per heavy atom. The molecule has 0 spiro atoms. The van der Waals surface area contributed by atoms with Gasteiger partial charge in [-0.1, -0.05) is 0 Å². The lowest BCUT2D eigenvalue weighted by Crippen LogP contribution is -2.31. The van der Waals surface area contributed by atoms with Gasteiger partial charge < -0.3 is 9.47 Å². The number of allylic oxidation sites excluding steroid dienone is 2. The second-order valence-electron chi connectivity index (χ2n) is 4.35. The third kappa shape index (κ3) is 8.07. The molecule has 0 aromatic heterocycles. The van der Waals surface area contributed by atoms with Gasteiger partial charge in [0.15, 0.2) is 5.78 Å². The van der Waals surface area contributed by atoms with E-state index >= 15 is 0 Å². The van der Waals surface area contributed by atoms with Crippen LogP contribution < -0.4 is 0 Å². The van der Waals surface area contributed by atoms with E-state index in [9.17, 15) is 9.59 Å². The predicted octanol–water partition coefficient (Wildman–Crippen LogP) is 2.10. The lowest BCUT2D eigenvalue weighted by Gasteiger charge is -2.22. The molecule has 0 saturated carbocycles. The number of amides is 1. The van der Waals surface area contributed by atoms with Crippen LogP contribution in [0.15, 0.2) is 24.6 Å². The summed E-state index contributed by atoms with van der Waals surface area (Å²) in [6.07, 6.45) is 4.59. The van der Waals surface area contributed by atoms with Crippen molar-refractivity contribution in [3.8, 4) is 0 Å². The van der Waals surface area contributed by atoms with Crippen LogP contribution in [0, 0.1) is 0 Å². The maximum atomic E-state index is 11.5. The zero-order chi connectivity index (χ0) is 13.5. The summed E-state index contributed by atoms with van der Waals surface area (Å²) < 4.78 is 9.69. The second-order valence-corrected chi connectivity index (χ2v) is 4.35. The molecular weight excluding hydrogens is 222 g/mol. The lowest BCUT2D eigenvalue weighted by atomic mass is 10.2. The van der Waals surface area contributed by atoms with Crippen molar-refractivity contribution >= 4 is 11.9 Å². The Bertz CT molecular complexity index is 326. The van der Waals surface area contributed by atoms with Crippen molar-refractivity contribution in [2.24, 2.45) is 0 Å². The van der Waals surface area contributed by atoms with E-state index in [-0.39, 0.29) is 5.78 Å². The minimum atomic E-state index is -0.556. The van der Waals surface area contributed by atoms with Crippen LogP contribution in [0.3, 0.4) is 0 Å². The van der Waals surface area contributed by atoms with E-state index in [0.717, 1.165) is 0 Å². The molecule has 0 aromatic carbocycles. The molecule has 1 amide bonds. The average molecular weight is 241 g/mol. The van der Waals surface area contributed by atoms with Crippen molar-refractivity contribution in [1.29, 1.82) is 0 Å². The van der Waals surface area contributed by atoms with Gasteiger partial charge in [0.25, 0.3) is 0 Å². The van der Waals surface area contributed by atoms with Gasteiger partial charge in [0, 0.05) is 25.4 Å². The fourth-order valence-electron chi connectivity index (χ4n) is 0.771. The topological polar surface area (TPSA) is 55.8 Å². The van der Waals surface area contributed by atoms with Crippen LogP contribution >= 0.6 is 0 Å². The molecule has 0 rings (SSSR count). The van der Waals surface area contributed by atoms with E-state index in [1.807, 2.05) is 0 Å². The van der Waals surface area contributed by atoms with Crippen molar-refractivity contribution in [3.63, 3.8) is 0 Å². The van der Waals surface area contributed by atoms with Gasteiger partial charge >= 0.3 is 6.09 Å². The van der Waals surface area contributed by atoms with E-state index in [4.69, 9.17) is 4.74 Å². The quantitative estimate of drug-likeness (QED) is 0.558. The Labute approximate surface area is 102 Å². The lowest BCUT2D eigenvalue weighted by molar-refractivity contribution is -0.110. The number of rotatable bonds is 4. The highest BCUT2D eigenvalue weighted by Crippen LogP contribution is 2.09. The van der Waals surface area contributed by atoms with Crippen molar-refractivity contribution in [2.75, 3.05) is 14.2 Å². The van der Waals surface area contributed by atoms with Gasteiger partial charge in [0.1, 0.15) is 5.60 Å². The normalized spacial score (nSPS) is 11.8. The monoisotopic (exact) mass is 241 g/mol. The molecule has 5 heteroatoms. The summed E-state index contributed by atoms with van der Waals surface area (Å²) in [5.74, 6) is -0.276. The Hall–Kier alpha value is -1.78. The number of carbonyl (C=O) groups excluding carboxylic acids is 2. The third-order valence-electron chi connectivity index (χ3n) is 1.51. The standard InChI is InChI=1S/C12H19NO4/c1-12(2,3)17-11(15)13(4)8-6-10(14)7-9-16-5/h6-9H,1-5H3/b8-6+,9-7?. The van der Waals surface area contributed by atoms with Crippen LogP contribution in [0.5, 0.6) is 0 Å². The van der Waals surface area contributed by atoms with E-state index in [0.29, 0.717) is 0 Å². The fraction of sp³-hybridized carbons (Fsp3) is 0.500. The molecule has 0 fully saturated rings. The molecule has 0 saturated heterocycles. The number of methoxy groups -OCH3 is 1. The SMILES string of the molecule is COC=CC(=O)/C=C/N(C)C(=O)OC(C)(C)C. The molecule has 0 aliphatic heterocycles. The zero-order valence-corrected chi connectivity index (χ0v) is 10.9. The van der Waals surface area contributed by atoms with Gasteiger partial charge in [-0.2, -0.15) is 0 Å². The Morgan fingerprint density at radius 2 is 1.76 bits per heavy atom. The Morgan fingerprint density at radius 3 is 2.24 bits per heavy atom. The smallest absolute Gasteiger partial charge is 0.414 e. The summed E-state index contributed by atoms with van der Waals surface area (Å²) in [5, 5.41) is 0. The molecule has 0 aliphatic carbocycles. The Balaban J connectivity index is 4.30. The highest BCUT2D eigenvalue weighted by Gasteiger charge is 2.18. The summed E-state index contributed by atoms with van der Waals surface area (Å²) in [4.78, 5) is 23.9. The summed E-state index contributed by atoms with van der Waals surface area (Å²) in [6.45, 7) is 5.32.